The van der Waals surface area contributed by atoms with Crippen LogP contribution >= 0.6 is 11.6 Å². The molecule has 0 aliphatic heterocycles. The average molecular weight is 201 g/mol. The van der Waals surface area contributed by atoms with Crippen LogP contribution in [0.5, 0.6) is 0 Å². The summed E-state index contributed by atoms with van der Waals surface area (Å²) < 4.78 is 1.78. The number of hydrogen-bond donors (Lipinski definition) is 0. The van der Waals surface area contributed by atoms with Crippen molar-refractivity contribution in [3.8, 4) is 0 Å². The second-order valence-electron chi connectivity index (χ2n) is 3.03. The molecule has 72 valence electrons. The van der Waals surface area contributed by atoms with Gasteiger partial charge in [0, 0.05) is 13.5 Å². The topological polar surface area (TPSA) is 34.9 Å². The minimum absolute atomic E-state index is 0.584. The number of halogens is 1. The van der Waals surface area contributed by atoms with Crippen LogP contribution in [0, 0.1) is 6.92 Å². The predicted molar refractivity (Wildman–Crippen MR) is 52.0 cm³/mol. The molecule has 4 heteroatoms. The predicted octanol–water partition coefficient (Wildman–Crippen LogP) is 1.90. The second-order valence-corrected chi connectivity index (χ2v) is 3.41. The molecule has 0 amide bonds. The van der Waals surface area contributed by atoms with E-state index in [1.807, 2.05) is 14.0 Å². The van der Waals surface area contributed by atoms with E-state index in [-0.39, 0.29) is 0 Å². The van der Waals surface area contributed by atoms with Gasteiger partial charge in [-0.15, -0.1) is 0 Å². The highest BCUT2D eigenvalue weighted by Crippen LogP contribution is 2.20. The first-order valence-corrected chi connectivity index (χ1v) is 4.66. The van der Waals surface area contributed by atoms with Crippen LogP contribution in [0.4, 0.5) is 0 Å². The summed E-state index contributed by atoms with van der Waals surface area (Å²) in [6.45, 7) is 1.88. The minimum atomic E-state index is 0.584. The van der Waals surface area contributed by atoms with Crippen molar-refractivity contribution in [1.29, 1.82) is 0 Å². The van der Waals surface area contributed by atoms with Gasteiger partial charge in [0.1, 0.15) is 6.29 Å². The molecule has 0 aliphatic rings. The molecule has 0 saturated heterocycles. The Bertz CT molecular complexity index is 307. The Morgan fingerprint density at radius 2 is 2.31 bits per heavy atom. The Morgan fingerprint density at radius 1 is 1.62 bits per heavy atom. The standard InChI is InChI=1S/C9H13ClN2O/c1-7-9(10)8(12(2)11-7)5-3-4-6-13/h6H,3-5H2,1-2H3. The molecule has 0 aliphatic carbocycles. The van der Waals surface area contributed by atoms with Gasteiger partial charge in [-0.3, -0.25) is 4.68 Å². The summed E-state index contributed by atoms with van der Waals surface area (Å²) in [5.41, 5.74) is 1.87. The maximum atomic E-state index is 10.1. The van der Waals surface area contributed by atoms with Crippen molar-refractivity contribution < 1.29 is 4.79 Å². The van der Waals surface area contributed by atoms with Gasteiger partial charge >= 0.3 is 0 Å². The number of carbonyl (C=O) groups is 1. The summed E-state index contributed by atoms with van der Waals surface area (Å²) in [7, 11) is 1.87. The van der Waals surface area contributed by atoms with E-state index < -0.39 is 0 Å². The van der Waals surface area contributed by atoms with E-state index >= 15 is 0 Å². The van der Waals surface area contributed by atoms with Crippen molar-refractivity contribution in [2.45, 2.75) is 26.2 Å². The lowest BCUT2D eigenvalue weighted by molar-refractivity contribution is -0.107. The van der Waals surface area contributed by atoms with Crippen molar-refractivity contribution in [2.75, 3.05) is 0 Å². The van der Waals surface area contributed by atoms with Crippen molar-refractivity contribution in [3.63, 3.8) is 0 Å². The Labute approximate surface area is 82.7 Å². The van der Waals surface area contributed by atoms with Crippen LogP contribution in [-0.4, -0.2) is 16.1 Å². The molecular formula is C9H13ClN2O. The highest BCUT2D eigenvalue weighted by molar-refractivity contribution is 6.31. The molecule has 0 bridgehead atoms. The number of aryl methyl sites for hydroxylation is 2. The third-order valence-corrected chi connectivity index (χ3v) is 2.49. The molecule has 0 unspecified atom stereocenters. The lowest BCUT2D eigenvalue weighted by Gasteiger charge is -1.99. The lowest BCUT2D eigenvalue weighted by Crippen LogP contribution is -1.98. The van der Waals surface area contributed by atoms with Crippen molar-refractivity contribution in [2.24, 2.45) is 7.05 Å². The number of nitrogens with zero attached hydrogens (tertiary/aromatic N) is 2. The van der Waals surface area contributed by atoms with E-state index in [0.717, 1.165) is 35.5 Å². The quantitative estimate of drug-likeness (QED) is 0.550. The van der Waals surface area contributed by atoms with E-state index in [4.69, 9.17) is 11.6 Å². The van der Waals surface area contributed by atoms with Crippen LogP contribution in [0.1, 0.15) is 24.2 Å². The fourth-order valence-corrected chi connectivity index (χ4v) is 1.56. The molecule has 13 heavy (non-hydrogen) atoms. The smallest absolute Gasteiger partial charge is 0.120 e. The van der Waals surface area contributed by atoms with Gasteiger partial charge in [0.15, 0.2) is 0 Å². The van der Waals surface area contributed by atoms with Gasteiger partial charge < -0.3 is 4.79 Å². The van der Waals surface area contributed by atoms with Gasteiger partial charge in [-0.25, -0.2) is 0 Å². The largest absolute Gasteiger partial charge is 0.303 e. The summed E-state index contributed by atoms with van der Waals surface area (Å²) in [6.07, 6.45) is 3.16. The number of aromatic nitrogens is 2. The van der Waals surface area contributed by atoms with E-state index in [1.165, 1.54) is 0 Å². The first kappa shape index (κ1) is 10.3. The fourth-order valence-electron chi connectivity index (χ4n) is 1.30. The molecule has 1 heterocycles. The Morgan fingerprint density at radius 3 is 2.77 bits per heavy atom. The lowest BCUT2D eigenvalue weighted by atomic mass is 10.2. The molecule has 1 aromatic heterocycles. The maximum absolute atomic E-state index is 10.1. The molecular weight excluding hydrogens is 188 g/mol. The zero-order valence-electron chi connectivity index (χ0n) is 7.88. The zero-order valence-corrected chi connectivity index (χ0v) is 8.64. The minimum Gasteiger partial charge on any atom is -0.303 e. The molecule has 1 aromatic rings. The van der Waals surface area contributed by atoms with Crippen molar-refractivity contribution >= 4 is 17.9 Å². The van der Waals surface area contributed by atoms with Gasteiger partial charge in [0.25, 0.3) is 0 Å². The van der Waals surface area contributed by atoms with Gasteiger partial charge in [-0.1, -0.05) is 11.6 Å². The number of aldehydes is 1. The number of unbranched alkanes of at least 4 members (excludes halogenated alkanes) is 1. The highest BCUT2D eigenvalue weighted by atomic mass is 35.5. The third-order valence-electron chi connectivity index (χ3n) is 2.00. The SMILES string of the molecule is Cc1nn(C)c(CCCC=O)c1Cl. The van der Waals surface area contributed by atoms with Crippen LogP contribution in [0.2, 0.25) is 5.02 Å². The van der Waals surface area contributed by atoms with Gasteiger partial charge in [-0.05, 0) is 19.8 Å². The Balaban J connectivity index is 2.69. The third kappa shape index (κ3) is 2.31. The maximum Gasteiger partial charge on any atom is 0.120 e. The normalized spacial score (nSPS) is 10.4. The van der Waals surface area contributed by atoms with Gasteiger partial charge in [0.05, 0.1) is 16.4 Å². The molecule has 1 rings (SSSR count). The molecule has 0 radical (unpaired) electrons. The zero-order chi connectivity index (χ0) is 9.84. The Hall–Kier alpha value is -0.830. The molecule has 0 spiro atoms. The number of rotatable bonds is 4. The first-order valence-electron chi connectivity index (χ1n) is 4.28. The summed E-state index contributed by atoms with van der Waals surface area (Å²) >= 11 is 6.02. The molecule has 0 saturated carbocycles. The molecule has 0 aromatic carbocycles. The van der Waals surface area contributed by atoms with Crippen LogP contribution in [0.3, 0.4) is 0 Å². The molecule has 0 atom stereocenters. The number of carbonyl (C=O) groups excluding carboxylic acids is 1. The summed E-state index contributed by atoms with van der Waals surface area (Å²) in [5.74, 6) is 0. The van der Waals surface area contributed by atoms with Crippen LogP contribution < -0.4 is 0 Å². The van der Waals surface area contributed by atoms with E-state index in [0.29, 0.717) is 6.42 Å². The van der Waals surface area contributed by atoms with Gasteiger partial charge in [-0.2, -0.15) is 5.10 Å². The molecule has 0 fully saturated rings. The van der Waals surface area contributed by atoms with Gasteiger partial charge in [0.2, 0.25) is 0 Å². The summed E-state index contributed by atoms with van der Waals surface area (Å²) in [5, 5.41) is 4.92. The van der Waals surface area contributed by atoms with E-state index in [2.05, 4.69) is 5.10 Å². The molecule has 0 N–H and O–H groups in total. The average Bonchev–Trinajstić information content (AvgIpc) is 2.32. The first-order chi connectivity index (χ1) is 6.16. The van der Waals surface area contributed by atoms with Crippen LogP contribution in [-0.2, 0) is 18.3 Å². The highest BCUT2D eigenvalue weighted by Gasteiger charge is 2.09. The summed E-state index contributed by atoms with van der Waals surface area (Å²) in [4.78, 5) is 10.1. The van der Waals surface area contributed by atoms with Crippen molar-refractivity contribution in [3.05, 3.63) is 16.4 Å². The van der Waals surface area contributed by atoms with Crippen LogP contribution in [0.25, 0.3) is 0 Å². The van der Waals surface area contributed by atoms with E-state index in [1.54, 1.807) is 4.68 Å². The van der Waals surface area contributed by atoms with Crippen LogP contribution in [0.15, 0.2) is 0 Å². The second kappa shape index (κ2) is 4.42. The summed E-state index contributed by atoms with van der Waals surface area (Å²) in [6, 6.07) is 0. The molecule has 3 nitrogen and oxygen atoms in total. The monoisotopic (exact) mass is 200 g/mol. The Kier molecular flexibility index (Phi) is 3.48. The fraction of sp³-hybridized carbons (Fsp3) is 0.556. The van der Waals surface area contributed by atoms with E-state index in [9.17, 15) is 4.79 Å². The number of hydrogen-bond acceptors (Lipinski definition) is 2. The van der Waals surface area contributed by atoms with Crippen molar-refractivity contribution in [1.82, 2.24) is 9.78 Å².